The molecule has 0 aliphatic carbocycles. The van der Waals surface area contributed by atoms with Crippen molar-refractivity contribution in [2.75, 3.05) is 26.2 Å². The van der Waals surface area contributed by atoms with Gasteiger partial charge in [0.25, 0.3) is 20.0 Å². The average Bonchev–Trinajstić information content (AvgIpc) is 3.29. The molecule has 79 heavy (non-hydrogen) atoms. The molecule has 2 amide bonds. The minimum absolute atomic E-state index is 0.0404. The Balaban J connectivity index is 2.37. The molecule has 3 aromatic rings. The average molecular weight is 1150 g/mol. The molecular weight excluding hydrogens is 1050 g/mol. The van der Waals surface area contributed by atoms with Crippen LogP contribution in [0.15, 0.2) is 75.4 Å². The zero-order valence-electron chi connectivity index (χ0n) is 52.4. The molecule has 3 aromatic carbocycles. The van der Waals surface area contributed by atoms with E-state index in [-0.39, 0.29) is 81.0 Å². The summed E-state index contributed by atoms with van der Waals surface area (Å²) in [4.78, 5) is 28.7. The summed E-state index contributed by atoms with van der Waals surface area (Å²) < 4.78 is 106. The van der Waals surface area contributed by atoms with Gasteiger partial charge < -0.3 is 9.47 Å². The number of benzene rings is 3. The van der Waals surface area contributed by atoms with E-state index < -0.39 is 66.5 Å². The highest BCUT2D eigenvalue weighted by Gasteiger charge is 2.40. The van der Waals surface area contributed by atoms with Gasteiger partial charge in [-0.1, -0.05) is 185 Å². The number of hydrogen-bond donors (Lipinski definition) is 0. The van der Waals surface area contributed by atoms with Crippen molar-refractivity contribution in [3.05, 3.63) is 111 Å². The standard InChI is InChI=1S/C63H99N3O10S3/c1-39(2)48-33-51(42(7)8)57(52(34-48)43(9)10)77(69,70)64(29-25-27-31-65(60(67)75-62(19,20)21)78(71,72)58-53(44(11)12)35-49(40(3)4)36-54(58)45(13)14)30-26-28-32-66(61(68)76-63(22,23)24)79(73,74)59-55(46(15)16)37-50(41(5)6)38-56(59)47(17)18/h25-28,33-47H,29-32H2,1-24H3/b27-25+,28-26+. The lowest BCUT2D eigenvalue weighted by molar-refractivity contribution is 0.0391. The summed E-state index contributed by atoms with van der Waals surface area (Å²) in [7, 11) is -13.6. The fourth-order valence-electron chi connectivity index (χ4n) is 9.07. The van der Waals surface area contributed by atoms with Crippen molar-refractivity contribution in [3.8, 4) is 0 Å². The van der Waals surface area contributed by atoms with Crippen LogP contribution in [0.2, 0.25) is 0 Å². The van der Waals surface area contributed by atoms with E-state index in [2.05, 4.69) is 13.8 Å². The predicted molar refractivity (Wildman–Crippen MR) is 323 cm³/mol. The molecule has 0 unspecified atom stereocenters. The predicted octanol–water partition coefficient (Wildman–Crippen LogP) is 16.2. The molecule has 3 rings (SSSR count). The normalized spacial score (nSPS) is 13.4. The smallest absolute Gasteiger partial charge is 0.424 e. The molecule has 0 bridgehead atoms. The first-order chi connectivity index (χ1) is 36.0. The van der Waals surface area contributed by atoms with E-state index >= 15 is 25.3 Å². The zero-order valence-corrected chi connectivity index (χ0v) is 54.9. The van der Waals surface area contributed by atoms with E-state index in [0.717, 1.165) is 16.7 Å². The second-order valence-corrected chi connectivity index (χ2v) is 31.2. The SMILES string of the molecule is CC(C)c1cc(C(C)C)c(S(=O)(=O)N(C/C=C/CN(C(=O)OC(C)(C)C)S(=O)(=O)c2c(C(C)C)cc(C(C)C)cc2C(C)C)C/C=C/CN(C(=O)OC(C)(C)C)S(=O)(=O)c2c(C(C)C)cc(C(C)C)cc2C(C)C)c(C(C)C)c1. The highest BCUT2D eigenvalue weighted by atomic mass is 32.2. The second kappa shape index (κ2) is 27.0. The Morgan fingerprint density at radius 3 is 0.759 bits per heavy atom. The fourth-order valence-corrected chi connectivity index (χ4v) is 14.9. The minimum Gasteiger partial charge on any atom is -0.443 e. The molecular formula is C63H99N3O10S3. The second-order valence-electron chi connectivity index (χ2n) is 25.8. The van der Waals surface area contributed by atoms with Gasteiger partial charge in [-0.2, -0.15) is 12.9 Å². The van der Waals surface area contributed by atoms with Crippen LogP contribution in [0.3, 0.4) is 0 Å². The van der Waals surface area contributed by atoms with Crippen molar-refractivity contribution in [3.63, 3.8) is 0 Å². The van der Waals surface area contributed by atoms with Crippen molar-refractivity contribution < 1.29 is 44.3 Å². The van der Waals surface area contributed by atoms with Crippen LogP contribution in [0.25, 0.3) is 0 Å². The third-order valence-electron chi connectivity index (χ3n) is 13.6. The number of sulfonamides is 3. The molecule has 0 saturated carbocycles. The van der Waals surface area contributed by atoms with E-state index in [4.69, 9.17) is 9.47 Å². The Morgan fingerprint density at radius 2 is 0.570 bits per heavy atom. The molecule has 0 heterocycles. The Labute approximate surface area is 479 Å². The van der Waals surface area contributed by atoms with Crippen LogP contribution < -0.4 is 0 Å². The molecule has 444 valence electrons. The van der Waals surface area contributed by atoms with Crippen LogP contribution >= 0.6 is 0 Å². The van der Waals surface area contributed by atoms with Gasteiger partial charge in [-0.3, -0.25) is 0 Å². The maximum absolute atomic E-state index is 15.6. The van der Waals surface area contributed by atoms with Crippen LogP contribution in [-0.2, 0) is 39.5 Å². The van der Waals surface area contributed by atoms with E-state index in [1.807, 2.05) is 147 Å². The molecule has 0 fully saturated rings. The highest BCUT2D eigenvalue weighted by molar-refractivity contribution is 7.90. The van der Waals surface area contributed by atoms with E-state index in [1.165, 1.54) is 28.6 Å². The molecule has 0 saturated heterocycles. The van der Waals surface area contributed by atoms with Crippen LogP contribution in [0.5, 0.6) is 0 Å². The number of ether oxygens (including phenoxy) is 2. The zero-order chi connectivity index (χ0) is 60.8. The monoisotopic (exact) mass is 1150 g/mol. The third kappa shape index (κ3) is 17.3. The number of hydrogen-bond acceptors (Lipinski definition) is 10. The minimum atomic E-state index is -4.61. The summed E-state index contributed by atoms with van der Waals surface area (Å²) in [6.45, 7) is 43.8. The van der Waals surface area contributed by atoms with Crippen molar-refractivity contribution in [1.82, 2.24) is 12.9 Å². The summed E-state index contributed by atoms with van der Waals surface area (Å²) in [5.41, 5.74) is 4.37. The van der Waals surface area contributed by atoms with Gasteiger partial charge in [0.15, 0.2) is 0 Å². The third-order valence-corrected chi connectivity index (χ3v) is 19.3. The van der Waals surface area contributed by atoms with Crippen LogP contribution in [0.1, 0.15) is 270 Å². The molecule has 0 atom stereocenters. The van der Waals surface area contributed by atoms with Crippen LogP contribution in [-0.4, -0.2) is 87.7 Å². The van der Waals surface area contributed by atoms with Gasteiger partial charge in [0.05, 0.1) is 27.8 Å². The van der Waals surface area contributed by atoms with Crippen molar-refractivity contribution in [1.29, 1.82) is 0 Å². The van der Waals surface area contributed by atoms with Gasteiger partial charge in [0, 0.05) is 13.1 Å². The number of carbonyl (C=O) groups excluding carboxylic acids is 2. The van der Waals surface area contributed by atoms with E-state index in [9.17, 15) is 9.59 Å². The Kier molecular flexibility index (Phi) is 23.5. The molecule has 0 radical (unpaired) electrons. The molecule has 13 nitrogen and oxygen atoms in total. The fraction of sp³-hybridized carbons (Fsp3) is 0.619. The molecule has 0 aliphatic heterocycles. The number of amides is 2. The highest BCUT2D eigenvalue weighted by Crippen LogP contribution is 2.41. The Morgan fingerprint density at radius 1 is 0.367 bits per heavy atom. The first-order valence-corrected chi connectivity index (χ1v) is 32.7. The van der Waals surface area contributed by atoms with E-state index in [0.29, 0.717) is 42.0 Å². The largest absolute Gasteiger partial charge is 0.443 e. The van der Waals surface area contributed by atoms with Gasteiger partial charge in [0.2, 0.25) is 10.0 Å². The van der Waals surface area contributed by atoms with Gasteiger partial charge >= 0.3 is 12.2 Å². The van der Waals surface area contributed by atoms with Gasteiger partial charge in [-0.05, 0) is 145 Å². The molecule has 0 aliphatic rings. The van der Waals surface area contributed by atoms with Gasteiger partial charge in [-0.15, -0.1) is 0 Å². The van der Waals surface area contributed by atoms with Crippen molar-refractivity contribution in [2.24, 2.45) is 0 Å². The van der Waals surface area contributed by atoms with Crippen LogP contribution in [0, 0.1) is 0 Å². The lowest BCUT2D eigenvalue weighted by Gasteiger charge is -2.30. The summed E-state index contributed by atoms with van der Waals surface area (Å²) in [6.07, 6.45) is 3.76. The molecule has 16 heteroatoms. The van der Waals surface area contributed by atoms with Crippen molar-refractivity contribution in [2.45, 2.75) is 245 Å². The lowest BCUT2D eigenvalue weighted by Crippen LogP contribution is -2.42. The van der Waals surface area contributed by atoms with Gasteiger partial charge in [0.1, 0.15) is 11.2 Å². The summed E-state index contributed by atoms with van der Waals surface area (Å²) in [5, 5.41) is 0. The lowest BCUT2D eigenvalue weighted by atomic mass is 9.89. The molecule has 0 aromatic heterocycles. The molecule has 0 spiro atoms. The van der Waals surface area contributed by atoms with Crippen LogP contribution in [0.4, 0.5) is 9.59 Å². The maximum atomic E-state index is 15.6. The molecule has 0 N–H and O–H groups in total. The number of rotatable bonds is 23. The number of carbonyl (C=O) groups is 2. The first kappa shape index (κ1) is 68.8. The number of nitrogens with zero attached hydrogens (tertiary/aromatic N) is 3. The van der Waals surface area contributed by atoms with Crippen molar-refractivity contribution >= 4 is 42.3 Å². The first-order valence-electron chi connectivity index (χ1n) is 28.4. The summed E-state index contributed by atoms with van der Waals surface area (Å²) >= 11 is 0. The quantitative estimate of drug-likeness (QED) is 0.0835. The Hall–Kier alpha value is -4.51. The summed E-state index contributed by atoms with van der Waals surface area (Å²) in [6, 6.07) is 11.5. The maximum Gasteiger partial charge on any atom is 0.424 e. The van der Waals surface area contributed by atoms with E-state index in [1.54, 1.807) is 41.5 Å². The topological polar surface area (TPSA) is 165 Å². The summed E-state index contributed by atoms with van der Waals surface area (Å²) in [5.74, 6) is -1.03. The Bertz CT molecular complexity index is 2780. The van der Waals surface area contributed by atoms with Gasteiger partial charge in [-0.25, -0.2) is 34.8 Å².